The highest BCUT2D eigenvalue weighted by Gasteiger charge is 2.39. The number of aromatic nitrogens is 1. The summed E-state index contributed by atoms with van der Waals surface area (Å²) in [5.41, 5.74) is 1.64. The summed E-state index contributed by atoms with van der Waals surface area (Å²) >= 11 is 0. The lowest BCUT2D eigenvalue weighted by Gasteiger charge is -2.28. The van der Waals surface area contributed by atoms with Crippen LogP contribution in [0.5, 0.6) is 5.88 Å². The molecule has 0 radical (unpaired) electrons. The molecule has 0 bridgehead atoms. The number of hydrogen-bond donors (Lipinski definition) is 2. The average molecular weight is 561 g/mol. The van der Waals surface area contributed by atoms with Gasteiger partial charge in [-0.05, 0) is 55.2 Å². The zero-order chi connectivity index (χ0) is 28.6. The Balaban J connectivity index is 1.84. The number of hydrogen-bond acceptors (Lipinski definition) is 6. The third kappa shape index (κ3) is 8.15. The van der Waals surface area contributed by atoms with Gasteiger partial charge in [0.05, 0.1) is 25.5 Å². The number of aliphatic hydroxyl groups is 1. The summed E-state index contributed by atoms with van der Waals surface area (Å²) in [4.78, 5) is 20.5. The van der Waals surface area contributed by atoms with Crippen LogP contribution in [0, 0.1) is 12.7 Å². The second-order valence-electron chi connectivity index (χ2n) is 9.05. The van der Waals surface area contributed by atoms with Crippen molar-refractivity contribution in [2.45, 2.75) is 39.0 Å². The molecule has 2 heterocycles. The van der Waals surface area contributed by atoms with Gasteiger partial charge in [-0.2, -0.15) is 4.98 Å². The molecule has 216 valence electrons. The van der Waals surface area contributed by atoms with E-state index in [2.05, 4.69) is 10.3 Å². The fourth-order valence-corrected chi connectivity index (χ4v) is 4.12. The molecule has 39 heavy (non-hydrogen) atoms. The van der Waals surface area contributed by atoms with Crippen molar-refractivity contribution in [1.82, 2.24) is 9.88 Å². The zero-order valence-corrected chi connectivity index (χ0v) is 21.9. The number of aliphatic hydroxyl groups excluding tert-OH is 1. The number of anilines is 2. The molecule has 2 amide bonds. The van der Waals surface area contributed by atoms with Crippen LogP contribution < -0.4 is 15.0 Å². The maximum atomic E-state index is 14.9. The monoisotopic (exact) mass is 560 g/mol. The highest BCUT2D eigenvalue weighted by atomic mass is 19.3. The molecule has 1 fully saturated rings. The minimum atomic E-state index is -4.14. The summed E-state index contributed by atoms with van der Waals surface area (Å²) in [5.74, 6) is -3.98. The minimum absolute atomic E-state index is 0.0266. The Bertz CT molecular complexity index is 1120. The van der Waals surface area contributed by atoms with Crippen LogP contribution in [-0.4, -0.2) is 86.0 Å². The molecule has 0 atom stereocenters. The molecule has 8 nitrogen and oxygen atoms in total. The van der Waals surface area contributed by atoms with E-state index in [1.54, 1.807) is 19.9 Å². The standard InChI is InChI=1S/C26H33F5N4O4/c1-3-34(6-4-5-26(30,31)24(28)29)25(37)32-21-16-19(17(2)13-20(21)27)18-14-22(35-7-10-38-11-8-35)33-23(15-18)39-12-9-36/h13-16,24,36H,3-12H2,1-2H3,(H,32,37). The van der Waals surface area contributed by atoms with Crippen molar-refractivity contribution in [1.29, 1.82) is 0 Å². The molecule has 0 spiro atoms. The Morgan fingerprint density at radius 1 is 1.26 bits per heavy atom. The van der Waals surface area contributed by atoms with Crippen LogP contribution in [0.15, 0.2) is 24.3 Å². The first-order valence-corrected chi connectivity index (χ1v) is 12.7. The Morgan fingerprint density at radius 3 is 2.62 bits per heavy atom. The number of aryl methyl sites for hydroxylation is 1. The van der Waals surface area contributed by atoms with Crippen LogP contribution in [0.2, 0.25) is 0 Å². The van der Waals surface area contributed by atoms with E-state index in [1.165, 1.54) is 12.1 Å². The second kappa shape index (κ2) is 13.7. The van der Waals surface area contributed by atoms with Crippen LogP contribution in [0.4, 0.5) is 38.3 Å². The largest absolute Gasteiger partial charge is 0.475 e. The third-order valence-corrected chi connectivity index (χ3v) is 6.26. The van der Waals surface area contributed by atoms with Gasteiger partial charge in [0, 0.05) is 38.7 Å². The summed E-state index contributed by atoms with van der Waals surface area (Å²) in [7, 11) is 0. The Hall–Kier alpha value is -3.19. The molecule has 3 rings (SSSR count). The van der Waals surface area contributed by atoms with Crippen LogP contribution in [0.3, 0.4) is 0 Å². The topological polar surface area (TPSA) is 87.2 Å². The van der Waals surface area contributed by atoms with E-state index in [1.807, 2.05) is 11.0 Å². The Kier molecular flexibility index (Phi) is 10.7. The number of amides is 2. The van der Waals surface area contributed by atoms with Crippen molar-refractivity contribution in [3.05, 3.63) is 35.6 Å². The van der Waals surface area contributed by atoms with Crippen LogP contribution in [0.25, 0.3) is 11.1 Å². The number of alkyl halides is 4. The van der Waals surface area contributed by atoms with Crippen molar-refractivity contribution in [2.24, 2.45) is 0 Å². The highest BCUT2D eigenvalue weighted by molar-refractivity contribution is 5.91. The van der Waals surface area contributed by atoms with Gasteiger partial charge >= 0.3 is 18.4 Å². The molecule has 0 saturated carbocycles. The van der Waals surface area contributed by atoms with E-state index < -0.39 is 30.6 Å². The van der Waals surface area contributed by atoms with Crippen LogP contribution in [0.1, 0.15) is 25.3 Å². The zero-order valence-electron chi connectivity index (χ0n) is 21.9. The SMILES string of the molecule is CCN(CCCC(F)(F)C(F)F)C(=O)Nc1cc(-c2cc(OCCO)nc(N3CCOCC3)c2)c(C)cc1F. The van der Waals surface area contributed by atoms with Crippen molar-refractivity contribution in [3.63, 3.8) is 0 Å². The fraction of sp³-hybridized carbons (Fsp3) is 0.538. The number of morpholine rings is 1. The number of pyridine rings is 1. The Labute approximate surface area is 223 Å². The van der Waals surface area contributed by atoms with Crippen molar-refractivity contribution >= 4 is 17.5 Å². The van der Waals surface area contributed by atoms with E-state index in [0.29, 0.717) is 48.8 Å². The number of nitrogens with one attached hydrogen (secondary N) is 1. The van der Waals surface area contributed by atoms with Crippen molar-refractivity contribution < 1.29 is 41.3 Å². The molecule has 1 saturated heterocycles. The molecule has 1 aromatic carbocycles. The lowest BCUT2D eigenvalue weighted by molar-refractivity contribution is -0.133. The molecule has 0 unspecified atom stereocenters. The molecule has 2 aromatic rings. The van der Waals surface area contributed by atoms with E-state index in [0.717, 1.165) is 4.90 Å². The van der Waals surface area contributed by atoms with Gasteiger partial charge in [0.15, 0.2) is 0 Å². The van der Waals surface area contributed by atoms with Gasteiger partial charge in [-0.15, -0.1) is 0 Å². The smallest absolute Gasteiger partial charge is 0.321 e. The summed E-state index contributed by atoms with van der Waals surface area (Å²) in [6, 6.07) is 5.42. The second-order valence-corrected chi connectivity index (χ2v) is 9.05. The number of benzene rings is 1. The first-order chi connectivity index (χ1) is 18.6. The predicted molar refractivity (Wildman–Crippen MR) is 136 cm³/mol. The van der Waals surface area contributed by atoms with E-state index in [-0.39, 0.29) is 44.3 Å². The first kappa shape index (κ1) is 30.4. The number of urea groups is 1. The molecule has 1 aliphatic heterocycles. The quantitative estimate of drug-likeness (QED) is 0.358. The molecule has 13 heteroatoms. The molecule has 1 aromatic heterocycles. The van der Waals surface area contributed by atoms with Crippen LogP contribution >= 0.6 is 0 Å². The van der Waals surface area contributed by atoms with Gasteiger partial charge in [0.1, 0.15) is 18.2 Å². The van der Waals surface area contributed by atoms with Gasteiger partial charge in [0.2, 0.25) is 5.88 Å². The number of nitrogens with zero attached hydrogens (tertiary/aromatic N) is 3. The Morgan fingerprint density at radius 2 is 1.97 bits per heavy atom. The molecule has 1 aliphatic rings. The third-order valence-electron chi connectivity index (χ3n) is 6.26. The normalized spacial score (nSPS) is 14.0. The minimum Gasteiger partial charge on any atom is -0.475 e. The number of halogens is 5. The number of carbonyl (C=O) groups is 1. The maximum absolute atomic E-state index is 14.9. The van der Waals surface area contributed by atoms with Crippen molar-refractivity contribution in [3.8, 4) is 17.0 Å². The summed E-state index contributed by atoms with van der Waals surface area (Å²) in [6.07, 6.45) is -5.21. The van der Waals surface area contributed by atoms with Gasteiger partial charge in [-0.25, -0.2) is 26.7 Å². The summed E-state index contributed by atoms with van der Waals surface area (Å²) in [6.45, 7) is 5.28. The summed E-state index contributed by atoms with van der Waals surface area (Å²) < 4.78 is 77.2. The van der Waals surface area contributed by atoms with Crippen LogP contribution in [-0.2, 0) is 4.74 Å². The summed E-state index contributed by atoms with van der Waals surface area (Å²) in [5, 5.41) is 11.6. The lowest BCUT2D eigenvalue weighted by atomic mass is 10.00. The van der Waals surface area contributed by atoms with Gasteiger partial charge in [0.25, 0.3) is 0 Å². The van der Waals surface area contributed by atoms with Crippen molar-refractivity contribution in [2.75, 3.05) is 62.8 Å². The van der Waals surface area contributed by atoms with Gasteiger partial charge in [-0.1, -0.05) is 0 Å². The number of rotatable bonds is 12. The predicted octanol–water partition coefficient (Wildman–Crippen LogP) is 4.94. The molecular weight excluding hydrogens is 527 g/mol. The van der Waals surface area contributed by atoms with Gasteiger partial charge in [-0.3, -0.25) is 0 Å². The number of ether oxygens (including phenoxy) is 2. The molecular formula is C26H33F5N4O4. The molecule has 0 aliphatic carbocycles. The highest BCUT2D eigenvalue weighted by Crippen LogP contribution is 2.33. The van der Waals surface area contributed by atoms with E-state index in [4.69, 9.17) is 9.47 Å². The van der Waals surface area contributed by atoms with E-state index in [9.17, 15) is 31.9 Å². The first-order valence-electron chi connectivity index (χ1n) is 12.7. The average Bonchev–Trinajstić information content (AvgIpc) is 2.91. The van der Waals surface area contributed by atoms with Gasteiger partial charge < -0.3 is 29.7 Å². The molecule has 2 N–H and O–H groups in total. The fourth-order valence-electron chi connectivity index (χ4n) is 4.12. The number of carbonyl (C=O) groups excluding carboxylic acids is 1. The maximum Gasteiger partial charge on any atom is 0.321 e. The lowest BCUT2D eigenvalue weighted by Crippen LogP contribution is -2.37. The van der Waals surface area contributed by atoms with E-state index >= 15 is 0 Å².